The molecule has 0 spiro atoms. The number of nitrogens with zero attached hydrogens (tertiary/aromatic N) is 2. The van der Waals surface area contributed by atoms with Gasteiger partial charge in [0.15, 0.2) is 0 Å². The van der Waals surface area contributed by atoms with Gasteiger partial charge in [0.1, 0.15) is 0 Å². The monoisotopic (exact) mass is 287 g/mol. The minimum Gasteiger partial charge on any atom is -0.336 e. The lowest BCUT2D eigenvalue weighted by Crippen LogP contribution is -2.51. The summed E-state index contributed by atoms with van der Waals surface area (Å²) in [6, 6.07) is 4.98. The fraction of sp³-hybridized carbons (Fsp3) is 0.400. The number of rotatable bonds is 1. The first-order valence-electron chi connectivity index (χ1n) is 6.98. The highest BCUT2D eigenvalue weighted by Crippen LogP contribution is 2.23. The molecular weight excluding hydrogens is 270 g/mol. The molecule has 0 bridgehead atoms. The zero-order valence-corrected chi connectivity index (χ0v) is 12.0. The minimum atomic E-state index is -0.349. The van der Waals surface area contributed by atoms with Gasteiger partial charge in [-0.2, -0.15) is 0 Å². The molecule has 1 fully saturated rings. The van der Waals surface area contributed by atoms with Gasteiger partial charge < -0.3 is 10.2 Å². The maximum atomic E-state index is 12.5. The van der Waals surface area contributed by atoms with Crippen molar-refractivity contribution in [2.45, 2.75) is 13.0 Å². The van der Waals surface area contributed by atoms with Gasteiger partial charge in [0.25, 0.3) is 17.7 Å². The molecule has 0 aliphatic carbocycles. The molecule has 1 atom stereocenters. The van der Waals surface area contributed by atoms with Crippen molar-refractivity contribution >= 4 is 17.7 Å². The van der Waals surface area contributed by atoms with Crippen LogP contribution in [0.4, 0.5) is 0 Å². The van der Waals surface area contributed by atoms with E-state index in [0.717, 1.165) is 11.4 Å². The van der Waals surface area contributed by atoms with Gasteiger partial charge in [0, 0.05) is 38.3 Å². The molecule has 0 saturated carbocycles. The summed E-state index contributed by atoms with van der Waals surface area (Å²) < 4.78 is 0. The number of hydrogen-bond acceptors (Lipinski definition) is 4. The fourth-order valence-electron chi connectivity index (χ4n) is 2.79. The Morgan fingerprint density at radius 1 is 1.24 bits per heavy atom. The molecule has 1 aromatic rings. The number of carbonyl (C=O) groups excluding carboxylic acids is 3. The van der Waals surface area contributed by atoms with Crippen LogP contribution in [0, 0.1) is 0 Å². The summed E-state index contributed by atoms with van der Waals surface area (Å²) in [4.78, 5) is 39.2. The lowest BCUT2D eigenvalue weighted by Gasteiger charge is -2.32. The summed E-state index contributed by atoms with van der Waals surface area (Å²) in [7, 11) is 1.45. The molecule has 21 heavy (non-hydrogen) atoms. The highest BCUT2D eigenvalue weighted by atomic mass is 16.2. The van der Waals surface area contributed by atoms with E-state index in [9.17, 15) is 14.4 Å². The molecule has 110 valence electrons. The van der Waals surface area contributed by atoms with Crippen molar-refractivity contribution in [3.8, 4) is 0 Å². The average molecular weight is 287 g/mol. The topological polar surface area (TPSA) is 69.7 Å². The van der Waals surface area contributed by atoms with Crippen LogP contribution in [0.2, 0.25) is 0 Å². The molecule has 1 saturated heterocycles. The molecule has 3 rings (SSSR count). The molecule has 0 aromatic heterocycles. The van der Waals surface area contributed by atoms with Crippen LogP contribution in [0.3, 0.4) is 0 Å². The van der Waals surface area contributed by atoms with Gasteiger partial charge in [-0.25, -0.2) is 0 Å². The third-order valence-corrected chi connectivity index (χ3v) is 3.99. The maximum Gasteiger partial charge on any atom is 0.261 e. The predicted octanol–water partition coefficient (Wildman–Crippen LogP) is 0.346. The summed E-state index contributed by atoms with van der Waals surface area (Å²) in [6.45, 7) is 4.08. The lowest BCUT2D eigenvalue weighted by atomic mass is 10.0. The highest BCUT2D eigenvalue weighted by Gasteiger charge is 2.33. The number of nitrogens with one attached hydrogen (secondary N) is 1. The molecule has 6 heteroatoms. The van der Waals surface area contributed by atoms with E-state index < -0.39 is 0 Å². The van der Waals surface area contributed by atoms with E-state index in [-0.39, 0.29) is 23.8 Å². The average Bonchev–Trinajstić information content (AvgIpc) is 2.71. The quantitative estimate of drug-likeness (QED) is 0.757. The van der Waals surface area contributed by atoms with Crippen LogP contribution >= 0.6 is 0 Å². The molecule has 0 radical (unpaired) electrons. The number of imide groups is 1. The number of carbonyl (C=O) groups is 3. The van der Waals surface area contributed by atoms with Gasteiger partial charge in [-0.3, -0.25) is 19.3 Å². The van der Waals surface area contributed by atoms with Crippen LogP contribution in [0.15, 0.2) is 18.2 Å². The van der Waals surface area contributed by atoms with Crippen LogP contribution in [-0.4, -0.2) is 60.2 Å². The van der Waals surface area contributed by atoms with Crippen LogP contribution in [0.25, 0.3) is 0 Å². The first-order chi connectivity index (χ1) is 9.99. The molecule has 2 aliphatic rings. The number of benzene rings is 1. The first-order valence-corrected chi connectivity index (χ1v) is 6.98. The number of amides is 3. The van der Waals surface area contributed by atoms with E-state index in [1.165, 1.54) is 13.1 Å². The Morgan fingerprint density at radius 2 is 1.95 bits per heavy atom. The van der Waals surface area contributed by atoms with Crippen LogP contribution in [-0.2, 0) is 0 Å². The van der Waals surface area contributed by atoms with Gasteiger partial charge in [-0.05, 0) is 25.1 Å². The van der Waals surface area contributed by atoms with Crippen LogP contribution in [0.1, 0.15) is 38.0 Å². The van der Waals surface area contributed by atoms with Crippen molar-refractivity contribution < 1.29 is 14.4 Å². The Labute approximate surface area is 122 Å². The summed E-state index contributed by atoms with van der Waals surface area (Å²) in [5.74, 6) is -0.760. The molecule has 1 aromatic carbocycles. The minimum absolute atomic E-state index is 0.0963. The summed E-state index contributed by atoms with van der Waals surface area (Å²) >= 11 is 0. The second-order valence-electron chi connectivity index (χ2n) is 5.54. The second-order valence-corrected chi connectivity index (χ2v) is 5.54. The fourth-order valence-corrected chi connectivity index (χ4v) is 2.79. The second kappa shape index (κ2) is 4.96. The SMILES string of the molecule is CC1CN(C(=O)c2ccc3c(c2)C(=O)N(C)C3=O)CCN1. The van der Waals surface area contributed by atoms with E-state index >= 15 is 0 Å². The van der Waals surface area contributed by atoms with E-state index in [2.05, 4.69) is 5.32 Å². The molecule has 3 amide bonds. The van der Waals surface area contributed by atoms with Crippen molar-refractivity contribution in [2.24, 2.45) is 0 Å². The summed E-state index contributed by atoms with van der Waals surface area (Å²) in [5, 5.41) is 3.28. The van der Waals surface area contributed by atoms with E-state index in [4.69, 9.17) is 0 Å². The summed E-state index contributed by atoms with van der Waals surface area (Å²) in [5.41, 5.74) is 1.14. The van der Waals surface area contributed by atoms with Gasteiger partial charge in [0.2, 0.25) is 0 Å². The number of piperazine rings is 1. The van der Waals surface area contributed by atoms with Crippen molar-refractivity contribution in [3.63, 3.8) is 0 Å². The van der Waals surface area contributed by atoms with Crippen molar-refractivity contribution in [2.75, 3.05) is 26.7 Å². The van der Waals surface area contributed by atoms with Crippen LogP contribution in [0.5, 0.6) is 0 Å². The zero-order valence-electron chi connectivity index (χ0n) is 12.0. The van der Waals surface area contributed by atoms with E-state index in [1.807, 2.05) is 6.92 Å². The number of hydrogen-bond donors (Lipinski definition) is 1. The number of fused-ring (bicyclic) bond motifs is 1. The van der Waals surface area contributed by atoms with Gasteiger partial charge in [-0.15, -0.1) is 0 Å². The Bertz CT molecular complexity index is 641. The molecule has 1 N–H and O–H groups in total. The normalized spacial score (nSPS) is 21.7. The van der Waals surface area contributed by atoms with Crippen molar-refractivity contribution in [3.05, 3.63) is 34.9 Å². The maximum absolute atomic E-state index is 12.5. The summed E-state index contributed by atoms with van der Waals surface area (Å²) in [6.07, 6.45) is 0. The van der Waals surface area contributed by atoms with Crippen molar-refractivity contribution in [1.29, 1.82) is 0 Å². The van der Waals surface area contributed by atoms with Gasteiger partial charge in [-0.1, -0.05) is 0 Å². The van der Waals surface area contributed by atoms with Crippen LogP contribution < -0.4 is 5.32 Å². The van der Waals surface area contributed by atoms with E-state index in [1.54, 1.807) is 17.0 Å². The lowest BCUT2D eigenvalue weighted by molar-refractivity contribution is 0.0690. The van der Waals surface area contributed by atoms with E-state index in [0.29, 0.717) is 29.8 Å². The molecular formula is C15H17N3O3. The third-order valence-electron chi connectivity index (χ3n) is 3.99. The van der Waals surface area contributed by atoms with Crippen molar-refractivity contribution in [1.82, 2.24) is 15.1 Å². The van der Waals surface area contributed by atoms with Gasteiger partial charge in [0.05, 0.1) is 11.1 Å². The Morgan fingerprint density at radius 3 is 2.67 bits per heavy atom. The Balaban J connectivity index is 1.89. The standard InChI is InChI=1S/C15H17N3O3/c1-9-8-18(6-5-16-9)13(19)10-3-4-11-12(7-10)15(21)17(2)14(11)20/h3-4,7,9,16H,5-6,8H2,1-2H3. The Hall–Kier alpha value is -2.21. The first kappa shape index (κ1) is 13.8. The molecule has 2 heterocycles. The van der Waals surface area contributed by atoms with Gasteiger partial charge >= 0.3 is 0 Å². The predicted molar refractivity (Wildman–Crippen MR) is 76.2 cm³/mol. The third kappa shape index (κ3) is 2.21. The smallest absolute Gasteiger partial charge is 0.261 e. The molecule has 1 unspecified atom stereocenters. The largest absolute Gasteiger partial charge is 0.336 e. The molecule has 6 nitrogen and oxygen atoms in total. The highest BCUT2D eigenvalue weighted by molar-refractivity contribution is 6.21. The molecule has 2 aliphatic heterocycles. The zero-order chi connectivity index (χ0) is 15.1. The Kier molecular flexibility index (Phi) is 3.25.